The molecule has 24 heavy (non-hydrogen) atoms. The van der Waals surface area contributed by atoms with Gasteiger partial charge in [-0.25, -0.2) is 0 Å². The molecule has 1 saturated carbocycles. The largest absolute Gasteiger partial charge is 0.497 e. The van der Waals surface area contributed by atoms with Gasteiger partial charge in [-0.15, -0.1) is 0 Å². The van der Waals surface area contributed by atoms with Crippen LogP contribution in [-0.4, -0.2) is 13.1 Å². The summed E-state index contributed by atoms with van der Waals surface area (Å²) < 4.78 is 10.9. The van der Waals surface area contributed by atoms with Crippen LogP contribution in [0.2, 0.25) is 0 Å². The van der Waals surface area contributed by atoms with E-state index >= 15 is 0 Å². The summed E-state index contributed by atoms with van der Waals surface area (Å²) in [5.41, 5.74) is 4.27. The smallest absolute Gasteiger partial charge is 0.307 e. The molecule has 0 heterocycles. The highest BCUT2D eigenvalue weighted by Crippen LogP contribution is 2.59. The summed E-state index contributed by atoms with van der Waals surface area (Å²) in [6, 6.07) is 6.54. The van der Waals surface area contributed by atoms with E-state index in [2.05, 4.69) is 31.2 Å². The van der Waals surface area contributed by atoms with E-state index in [9.17, 15) is 4.79 Å². The Bertz CT molecular complexity index is 758. The Kier molecular flexibility index (Phi) is 3.56. The fourth-order valence-electron chi connectivity index (χ4n) is 4.97. The van der Waals surface area contributed by atoms with Crippen LogP contribution >= 0.6 is 0 Å². The molecule has 0 spiro atoms. The quantitative estimate of drug-likeness (QED) is 0.750. The van der Waals surface area contributed by atoms with Crippen LogP contribution in [0, 0.1) is 11.3 Å². The minimum absolute atomic E-state index is 0.100. The molecule has 3 nitrogen and oxygen atoms in total. The maximum absolute atomic E-state index is 11.4. The van der Waals surface area contributed by atoms with E-state index in [1.54, 1.807) is 7.11 Å². The summed E-state index contributed by atoms with van der Waals surface area (Å²) in [6.07, 6.45) is 8.64. The second-order valence-electron chi connectivity index (χ2n) is 7.43. The van der Waals surface area contributed by atoms with E-state index in [1.807, 2.05) is 6.08 Å². The molecule has 3 atom stereocenters. The number of aryl methyl sites for hydroxylation is 1. The first-order chi connectivity index (χ1) is 11.5. The Morgan fingerprint density at radius 2 is 2.04 bits per heavy atom. The standard InChI is InChI=1S/C21H24O3/c1-13(22)24-20-9-8-19-18-6-4-14-12-15(23-3)5-7-16(14)17(18)10-11-21(19,20)2/h5,7-9,12,17-18H,4,6,10-11H2,1-3H3/t17-,18+,21+/m1/s1. The van der Waals surface area contributed by atoms with Gasteiger partial charge >= 0.3 is 5.97 Å². The van der Waals surface area contributed by atoms with Gasteiger partial charge in [-0.3, -0.25) is 4.79 Å². The average Bonchev–Trinajstić information content (AvgIpc) is 2.90. The van der Waals surface area contributed by atoms with E-state index in [4.69, 9.17) is 9.47 Å². The predicted octanol–water partition coefficient (Wildman–Crippen LogP) is 4.53. The molecule has 1 aromatic rings. The zero-order chi connectivity index (χ0) is 16.9. The number of methoxy groups -OCH3 is 1. The van der Waals surface area contributed by atoms with Crippen LogP contribution < -0.4 is 4.74 Å². The summed E-state index contributed by atoms with van der Waals surface area (Å²) in [5, 5.41) is 0. The molecule has 4 rings (SSSR count). The molecule has 3 aliphatic carbocycles. The zero-order valence-electron chi connectivity index (χ0n) is 14.6. The normalized spacial score (nSPS) is 30.5. The molecule has 0 radical (unpaired) electrons. The van der Waals surface area contributed by atoms with Gasteiger partial charge in [0.15, 0.2) is 0 Å². The van der Waals surface area contributed by atoms with Gasteiger partial charge in [-0.1, -0.05) is 17.7 Å². The Morgan fingerprint density at radius 3 is 2.79 bits per heavy atom. The maximum Gasteiger partial charge on any atom is 0.307 e. The SMILES string of the molecule is COc1ccc2c(c1)CC[C@@H]1C3=CC=C(OC(C)=O)[C@@]3(C)CC[C@H]21. The van der Waals surface area contributed by atoms with Gasteiger partial charge in [0.05, 0.1) is 7.11 Å². The lowest BCUT2D eigenvalue weighted by Crippen LogP contribution is -2.36. The van der Waals surface area contributed by atoms with Crippen LogP contribution in [0.15, 0.2) is 41.7 Å². The third-order valence-corrected chi connectivity index (χ3v) is 6.16. The second-order valence-corrected chi connectivity index (χ2v) is 7.43. The Balaban J connectivity index is 1.65. The first-order valence-electron chi connectivity index (χ1n) is 8.81. The number of carbonyl (C=O) groups is 1. The van der Waals surface area contributed by atoms with Crippen LogP contribution in [-0.2, 0) is 16.0 Å². The van der Waals surface area contributed by atoms with Crippen molar-refractivity contribution in [2.24, 2.45) is 11.3 Å². The first-order valence-corrected chi connectivity index (χ1v) is 8.81. The third kappa shape index (κ3) is 2.21. The third-order valence-electron chi connectivity index (χ3n) is 6.16. The molecule has 0 aliphatic heterocycles. The second kappa shape index (κ2) is 5.51. The summed E-state index contributed by atoms with van der Waals surface area (Å²) >= 11 is 0. The number of hydrogen-bond acceptors (Lipinski definition) is 3. The fourth-order valence-corrected chi connectivity index (χ4v) is 4.97. The monoisotopic (exact) mass is 324 g/mol. The van der Waals surface area contributed by atoms with Crippen LogP contribution in [0.5, 0.6) is 5.75 Å². The number of esters is 1. The van der Waals surface area contributed by atoms with Gasteiger partial charge in [-0.2, -0.15) is 0 Å². The molecular weight excluding hydrogens is 300 g/mol. The highest BCUT2D eigenvalue weighted by atomic mass is 16.5. The van der Waals surface area contributed by atoms with E-state index in [1.165, 1.54) is 23.6 Å². The molecule has 0 unspecified atom stereocenters. The maximum atomic E-state index is 11.4. The molecule has 1 fully saturated rings. The first kappa shape index (κ1) is 15.5. The van der Waals surface area contributed by atoms with Crippen molar-refractivity contribution in [1.29, 1.82) is 0 Å². The van der Waals surface area contributed by atoms with Gasteiger partial charge in [0, 0.05) is 12.3 Å². The molecule has 0 saturated heterocycles. The van der Waals surface area contributed by atoms with Crippen molar-refractivity contribution in [2.75, 3.05) is 7.11 Å². The van der Waals surface area contributed by atoms with Gasteiger partial charge in [0.2, 0.25) is 0 Å². The average molecular weight is 324 g/mol. The van der Waals surface area contributed by atoms with Crippen molar-refractivity contribution in [2.45, 2.75) is 45.4 Å². The van der Waals surface area contributed by atoms with Gasteiger partial charge in [0.25, 0.3) is 0 Å². The van der Waals surface area contributed by atoms with Crippen molar-refractivity contribution in [3.05, 3.63) is 52.8 Å². The number of ether oxygens (including phenoxy) is 2. The molecular formula is C21H24O3. The van der Waals surface area contributed by atoms with Gasteiger partial charge < -0.3 is 9.47 Å². The van der Waals surface area contributed by atoms with Crippen molar-refractivity contribution in [3.63, 3.8) is 0 Å². The lowest BCUT2D eigenvalue weighted by Gasteiger charge is -2.46. The lowest BCUT2D eigenvalue weighted by atomic mass is 9.58. The fraction of sp³-hybridized carbons (Fsp3) is 0.476. The summed E-state index contributed by atoms with van der Waals surface area (Å²) in [4.78, 5) is 11.4. The van der Waals surface area contributed by atoms with E-state index in [0.717, 1.165) is 37.2 Å². The summed E-state index contributed by atoms with van der Waals surface area (Å²) in [5.74, 6) is 2.69. The molecule has 3 aliphatic rings. The number of rotatable bonds is 2. The van der Waals surface area contributed by atoms with Crippen molar-refractivity contribution < 1.29 is 14.3 Å². The highest BCUT2D eigenvalue weighted by Gasteiger charge is 2.49. The Hall–Kier alpha value is -2.03. The number of carbonyl (C=O) groups excluding carboxylic acids is 1. The van der Waals surface area contributed by atoms with E-state index in [0.29, 0.717) is 11.8 Å². The molecule has 0 N–H and O–H groups in total. The highest BCUT2D eigenvalue weighted by molar-refractivity contribution is 5.68. The van der Waals surface area contributed by atoms with Crippen LogP contribution in [0.25, 0.3) is 0 Å². The lowest BCUT2D eigenvalue weighted by molar-refractivity contribution is -0.138. The van der Waals surface area contributed by atoms with Crippen molar-refractivity contribution in [3.8, 4) is 5.75 Å². The molecule has 0 amide bonds. The molecule has 0 bridgehead atoms. The van der Waals surface area contributed by atoms with Crippen molar-refractivity contribution >= 4 is 5.97 Å². The van der Waals surface area contributed by atoms with Gasteiger partial charge in [0.1, 0.15) is 11.5 Å². The molecule has 3 heteroatoms. The summed E-state index contributed by atoms with van der Waals surface area (Å²) in [6.45, 7) is 3.72. The number of fused-ring (bicyclic) bond motifs is 5. The van der Waals surface area contributed by atoms with E-state index < -0.39 is 0 Å². The molecule has 0 aromatic heterocycles. The van der Waals surface area contributed by atoms with Crippen LogP contribution in [0.3, 0.4) is 0 Å². The Labute approximate surface area is 143 Å². The van der Waals surface area contributed by atoms with Crippen molar-refractivity contribution in [1.82, 2.24) is 0 Å². The van der Waals surface area contributed by atoms with Gasteiger partial charge in [-0.05, 0) is 73.8 Å². The zero-order valence-corrected chi connectivity index (χ0v) is 14.6. The minimum atomic E-state index is -0.222. The number of benzene rings is 1. The van der Waals surface area contributed by atoms with E-state index in [-0.39, 0.29) is 11.4 Å². The summed E-state index contributed by atoms with van der Waals surface area (Å²) in [7, 11) is 1.73. The minimum Gasteiger partial charge on any atom is -0.497 e. The Morgan fingerprint density at radius 1 is 1.21 bits per heavy atom. The molecule has 126 valence electrons. The topological polar surface area (TPSA) is 35.5 Å². The predicted molar refractivity (Wildman–Crippen MR) is 92.8 cm³/mol. The number of hydrogen-bond donors (Lipinski definition) is 0. The van der Waals surface area contributed by atoms with Crippen LogP contribution in [0.4, 0.5) is 0 Å². The van der Waals surface area contributed by atoms with Crippen LogP contribution in [0.1, 0.15) is 50.2 Å². The molecule has 1 aromatic carbocycles. The number of allylic oxidation sites excluding steroid dienone is 3.